The number of nitrogens with zero attached hydrogens (tertiary/aromatic N) is 1. The van der Waals surface area contributed by atoms with E-state index in [1.54, 1.807) is 18.2 Å². The highest BCUT2D eigenvalue weighted by Gasteiger charge is 2.62. The van der Waals surface area contributed by atoms with Crippen LogP contribution in [0.5, 0.6) is 0 Å². The fourth-order valence-electron chi connectivity index (χ4n) is 6.10. The summed E-state index contributed by atoms with van der Waals surface area (Å²) in [6.45, 7) is 0.846. The Balaban J connectivity index is 1.30. The largest absolute Gasteiger partial charge is 0.454 e. The predicted octanol–water partition coefficient (Wildman–Crippen LogP) is 3.01. The van der Waals surface area contributed by atoms with Gasteiger partial charge in [-0.3, -0.25) is 24.1 Å². The molecular formula is C28H28N2O6. The molecular weight excluding hydrogens is 460 g/mol. The molecule has 1 N–H and O–H groups in total. The number of hydrogen-bond acceptors (Lipinski definition) is 6. The van der Waals surface area contributed by atoms with Crippen LogP contribution in [0.2, 0.25) is 0 Å². The molecule has 1 saturated heterocycles. The Kier molecular flexibility index (Phi) is 6.43. The van der Waals surface area contributed by atoms with Gasteiger partial charge < -0.3 is 10.1 Å². The highest BCUT2D eigenvalue weighted by atomic mass is 16.5. The molecule has 3 aliphatic rings. The third-order valence-corrected chi connectivity index (χ3v) is 7.72. The average molecular weight is 489 g/mol. The summed E-state index contributed by atoms with van der Waals surface area (Å²) in [5.41, 5.74) is 1.63. The zero-order valence-corrected chi connectivity index (χ0v) is 20.0. The quantitative estimate of drug-likeness (QED) is 0.348. The van der Waals surface area contributed by atoms with Crippen LogP contribution in [-0.4, -0.2) is 47.0 Å². The van der Waals surface area contributed by atoms with Crippen molar-refractivity contribution in [1.82, 2.24) is 4.90 Å². The molecule has 36 heavy (non-hydrogen) atoms. The number of likely N-dealkylation sites (tertiary alicyclic amines) is 1. The van der Waals surface area contributed by atoms with Crippen LogP contribution in [0.1, 0.15) is 42.1 Å². The van der Waals surface area contributed by atoms with Crippen LogP contribution in [0.3, 0.4) is 0 Å². The van der Waals surface area contributed by atoms with Crippen LogP contribution in [0, 0.1) is 23.7 Å². The molecule has 0 radical (unpaired) electrons. The molecule has 2 aromatic rings. The smallest absolute Gasteiger partial charge is 0.330 e. The van der Waals surface area contributed by atoms with E-state index >= 15 is 0 Å². The van der Waals surface area contributed by atoms with E-state index < -0.39 is 24.5 Å². The molecule has 5 atom stereocenters. The van der Waals surface area contributed by atoms with Crippen molar-refractivity contribution in [2.24, 2.45) is 23.7 Å². The Morgan fingerprint density at radius 1 is 0.972 bits per heavy atom. The van der Waals surface area contributed by atoms with Crippen molar-refractivity contribution < 1.29 is 28.7 Å². The van der Waals surface area contributed by atoms with E-state index in [-0.39, 0.29) is 47.7 Å². The minimum atomic E-state index is -1.13. The van der Waals surface area contributed by atoms with Gasteiger partial charge >= 0.3 is 5.97 Å². The third-order valence-electron chi connectivity index (χ3n) is 7.72. The fourth-order valence-corrected chi connectivity index (χ4v) is 6.10. The highest BCUT2D eigenvalue weighted by molar-refractivity contribution is 6.09. The monoisotopic (exact) mass is 488 g/mol. The lowest BCUT2D eigenvalue weighted by molar-refractivity contribution is -0.160. The van der Waals surface area contributed by atoms with Crippen LogP contribution in [0.25, 0.3) is 0 Å². The number of ketones is 1. The Labute approximate surface area is 209 Å². The maximum atomic E-state index is 13.4. The number of esters is 1. The van der Waals surface area contributed by atoms with Gasteiger partial charge in [-0.25, -0.2) is 4.79 Å². The molecule has 3 amide bonds. The normalized spacial score (nSPS) is 25.0. The molecule has 2 aliphatic carbocycles. The van der Waals surface area contributed by atoms with Gasteiger partial charge in [0.2, 0.25) is 11.8 Å². The zero-order valence-electron chi connectivity index (χ0n) is 20.0. The Bertz CT molecular complexity index is 1200. The second-order valence-electron chi connectivity index (χ2n) is 9.93. The molecule has 8 nitrogen and oxygen atoms in total. The van der Waals surface area contributed by atoms with E-state index in [2.05, 4.69) is 5.32 Å². The van der Waals surface area contributed by atoms with Gasteiger partial charge in [0, 0.05) is 17.7 Å². The lowest BCUT2D eigenvalue weighted by atomic mass is 9.81. The van der Waals surface area contributed by atoms with Crippen molar-refractivity contribution in [3.63, 3.8) is 0 Å². The van der Waals surface area contributed by atoms with Gasteiger partial charge in [-0.2, -0.15) is 0 Å². The van der Waals surface area contributed by atoms with Crippen molar-refractivity contribution in [2.45, 2.75) is 38.6 Å². The molecule has 0 unspecified atom stereocenters. The lowest BCUT2D eigenvalue weighted by Gasteiger charge is -2.26. The summed E-state index contributed by atoms with van der Waals surface area (Å²) in [6, 6.07) is 14.4. The van der Waals surface area contributed by atoms with Crippen LogP contribution in [-0.2, 0) is 30.3 Å². The number of Topliss-reactive ketones (excluding diaryl/α,β-unsaturated/α-hetero) is 1. The number of nitrogens with one attached hydrogen (secondary N) is 1. The van der Waals surface area contributed by atoms with E-state index in [9.17, 15) is 24.0 Å². The molecule has 2 bridgehead atoms. The van der Waals surface area contributed by atoms with Crippen molar-refractivity contribution in [3.05, 3.63) is 65.7 Å². The topological polar surface area (TPSA) is 110 Å². The van der Waals surface area contributed by atoms with Gasteiger partial charge in [0.15, 0.2) is 12.4 Å². The lowest BCUT2D eigenvalue weighted by Crippen LogP contribution is -2.48. The molecule has 1 heterocycles. The molecule has 3 fully saturated rings. The van der Waals surface area contributed by atoms with Crippen molar-refractivity contribution in [3.8, 4) is 0 Å². The van der Waals surface area contributed by atoms with E-state index in [4.69, 9.17) is 4.74 Å². The van der Waals surface area contributed by atoms with Gasteiger partial charge in [0.25, 0.3) is 5.91 Å². The number of rotatable bonds is 8. The number of carbonyl (C=O) groups is 5. The SMILES string of the molecule is CC(=O)c1cccc(NC(=O)COC(=O)[C@@H](Cc2ccccc2)N2C(=O)[C@@H]3[C@H]4CC[C@@H](C4)[C@@H]3C2=O)c1. The zero-order chi connectivity index (χ0) is 25.4. The molecule has 0 spiro atoms. The number of imide groups is 1. The number of fused-ring (bicyclic) bond motifs is 5. The highest BCUT2D eigenvalue weighted by Crippen LogP contribution is 2.56. The van der Waals surface area contributed by atoms with Crippen molar-refractivity contribution in [1.29, 1.82) is 0 Å². The first kappa shape index (κ1) is 23.9. The molecule has 0 aromatic heterocycles. The molecule has 8 heteroatoms. The summed E-state index contributed by atoms with van der Waals surface area (Å²) < 4.78 is 5.32. The Hall–Kier alpha value is -3.81. The second kappa shape index (κ2) is 9.68. The molecule has 186 valence electrons. The summed E-state index contributed by atoms with van der Waals surface area (Å²) in [4.78, 5) is 65.1. The first-order valence-corrected chi connectivity index (χ1v) is 12.3. The first-order valence-electron chi connectivity index (χ1n) is 12.3. The summed E-state index contributed by atoms with van der Waals surface area (Å²) in [7, 11) is 0. The summed E-state index contributed by atoms with van der Waals surface area (Å²) in [5.74, 6) is -2.39. The summed E-state index contributed by atoms with van der Waals surface area (Å²) in [6.07, 6.45) is 2.91. The Morgan fingerprint density at radius 3 is 2.28 bits per heavy atom. The van der Waals surface area contributed by atoms with E-state index in [1.165, 1.54) is 13.0 Å². The van der Waals surface area contributed by atoms with Gasteiger partial charge in [0.05, 0.1) is 11.8 Å². The number of benzene rings is 2. The van der Waals surface area contributed by atoms with E-state index in [1.807, 2.05) is 30.3 Å². The molecule has 2 saturated carbocycles. The minimum Gasteiger partial charge on any atom is -0.454 e. The second-order valence-corrected chi connectivity index (χ2v) is 9.93. The summed E-state index contributed by atoms with van der Waals surface area (Å²) in [5, 5.41) is 2.60. The van der Waals surface area contributed by atoms with Crippen LogP contribution < -0.4 is 5.32 Å². The predicted molar refractivity (Wildman–Crippen MR) is 130 cm³/mol. The number of anilines is 1. The first-order chi connectivity index (χ1) is 17.3. The van der Waals surface area contributed by atoms with Crippen molar-refractivity contribution in [2.75, 3.05) is 11.9 Å². The Morgan fingerprint density at radius 2 is 1.64 bits per heavy atom. The van der Waals surface area contributed by atoms with Crippen LogP contribution in [0.15, 0.2) is 54.6 Å². The molecule has 1 aliphatic heterocycles. The van der Waals surface area contributed by atoms with Gasteiger partial charge in [-0.15, -0.1) is 0 Å². The number of carbonyl (C=O) groups excluding carboxylic acids is 5. The maximum Gasteiger partial charge on any atom is 0.330 e. The third kappa shape index (κ3) is 4.43. The van der Waals surface area contributed by atoms with Gasteiger partial charge in [0.1, 0.15) is 6.04 Å². The number of ether oxygens (including phenoxy) is 1. The minimum absolute atomic E-state index is 0.119. The molecule has 2 aromatic carbocycles. The van der Waals surface area contributed by atoms with E-state index in [0.29, 0.717) is 11.3 Å². The van der Waals surface area contributed by atoms with Crippen molar-refractivity contribution >= 4 is 35.2 Å². The standard InChI is InChI=1S/C28H28N2O6/c1-16(31)18-8-5-9-21(14-18)29-23(32)15-36-28(35)22(12-17-6-3-2-4-7-17)30-26(33)24-19-10-11-20(13-19)25(24)27(30)34/h2-9,14,19-20,22,24-25H,10-13,15H2,1H3,(H,29,32)/t19-,20-,22+,24-,25+/m0/s1. The van der Waals surface area contributed by atoms with Gasteiger partial charge in [-0.05, 0) is 55.7 Å². The molecule has 5 rings (SSSR count). The fraction of sp³-hybridized carbons (Fsp3) is 0.393. The summed E-state index contributed by atoms with van der Waals surface area (Å²) >= 11 is 0. The van der Waals surface area contributed by atoms with Gasteiger partial charge in [-0.1, -0.05) is 42.5 Å². The maximum absolute atomic E-state index is 13.4. The number of hydrogen-bond donors (Lipinski definition) is 1. The van der Waals surface area contributed by atoms with E-state index in [0.717, 1.165) is 29.7 Å². The number of amides is 3. The average Bonchev–Trinajstić information content (AvgIpc) is 3.56. The van der Waals surface area contributed by atoms with Crippen LogP contribution in [0.4, 0.5) is 5.69 Å². The van der Waals surface area contributed by atoms with Crippen LogP contribution >= 0.6 is 0 Å².